The number of nitrogens with one attached hydrogen (secondary N) is 1. The first-order valence-electron chi connectivity index (χ1n) is 10.5. The zero-order valence-electron chi connectivity index (χ0n) is 17.4. The number of pyridine rings is 2. The quantitative estimate of drug-likeness (QED) is 0.371. The second kappa shape index (κ2) is 9.31. The third-order valence-electron chi connectivity index (χ3n) is 5.05. The standard InChI is InChI=1S/C26H22N4O2/c1-2-7-19(8-3-1)18-32-21-11-12-24(31-16-13-20-9-4-5-14-27-20)22(17-21)25-29-23-10-6-15-28-26(23)30-25/h1-12,14-15,17H,13,16,18H2,(H,28,29,30). The van der Waals surface area contributed by atoms with Crippen LogP contribution in [0.25, 0.3) is 22.6 Å². The molecular weight excluding hydrogens is 400 g/mol. The van der Waals surface area contributed by atoms with E-state index in [4.69, 9.17) is 14.5 Å². The molecule has 0 radical (unpaired) electrons. The van der Waals surface area contributed by atoms with Crippen LogP contribution in [-0.2, 0) is 13.0 Å². The highest BCUT2D eigenvalue weighted by molar-refractivity contribution is 5.78. The Kier molecular flexibility index (Phi) is 5.74. The summed E-state index contributed by atoms with van der Waals surface area (Å²) in [7, 11) is 0. The molecule has 0 saturated heterocycles. The van der Waals surface area contributed by atoms with Gasteiger partial charge in [0.2, 0.25) is 0 Å². The van der Waals surface area contributed by atoms with E-state index in [-0.39, 0.29) is 0 Å². The fraction of sp³-hybridized carbons (Fsp3) is 0.115. The first-order valence-corrected chi connectivity index (χ1v) is 10.5. The molecule has 3 heterocycles. The van der Waals surface area contributed by atoms with E-state index in [1.165, 1.54) is 0 Å². The van der Waals surface area contributed by atoms with Crippen molar-refractivity contribution in [1.29, 1.82) is 0 Å². The van der Waals surface area contributed by atoms with Crippen molar-refractivity contribution < 1.29 is 9.47 Å². The Morgan fingerprint density at radius 2 is 1.66 bits per heavy atom. The van der Waals surface area contributed by atoms with Gasteiger partial charge in [-0.1, -0.05) is 36.4 Å². The van der Waals surface area contributed by atoms with Crippen LogP contribution in [0.4, 0.5) is 0 Å². The summed E-state index contributed by atoms with van der Waals surface area (Å²) in [6.45, 7) is 0.995. The van der Waals surface area contributed by atoms with Gasteiger partial charge in [0, 0.05) is 24.5 Å². The number of benzene rings is 2. The van der Waals surface area contributed by atoms with E-state index in [2.05, 4.69) is 15.0 Å². The molecule has 0 bridgehead atoms. The number of imidazole rings is 1. The lowest BCUT2D eigenvalue weighted by Crippen LogP contribution is -2.04. The van der Waals surface area contributed by atoms with Crippen LogP contribution < -0.4 is 9.47 Å². The zero-order chi connectivity index (χ0) is 21.6. The number of rotatable bonds is 8. The third-order valence-corrected chi connectivity index (χ3v) is 5.05. The number of fused-ring (bicyclic) bond motifs is 1. The maximum absolute atomic E-state index is 6.13. The van der Waals surface area contributed by atoms with Crippen molar-refractivity contribution in [2.75, 3.05) is 6.61 Å². The van der Waals surface area contributed by atoms with Gasteiger partial charge in [-0.25, -0.2) is 9.97 Å². The Balaban J connectivity index is 1.40. The summed E-state index contributed by atoms with van der Waals surface area (Å²) < 4.78 is 12.2. The van der Waals surface area contributed by atoms with Crippen molar-refractivity contribution in [3.8, 4) is 22.9 Å². The minimum absolute atomic E-state index is 0.488. The molecule has 0 fully saturated rings. The highest BCUT2D eigenvalue weighted by Crippen LogP contribution is 2.33. The van der Waals surface area contributed by atoms with Crippen LogP contribution in [0.1, 0.15) is 11.3 Å². The predicted molar refractivity (Wildman–Crippen MR) is 124 cm³/mol. The van der Waals surface area contributed by atoms with Crippen LogP contribution in [-0.4, -0.2) is 26.5 Å². The van der Waals surface area contributed by atoms with Crippen LogP contribution in [0.3, 0.4) is 0 Å². The number of hydrogen-bond donors (Lipinski definition) is 1. The van der Waals surface area contributed by atoms with Crippen LogP contribution in [0, 0.1) is 0 Å². The first kappa shape index (κ1) is 19.8. The second-order valence-electron chi connectivity index (χ2n) is 7.31. The molecule has 0 aliphatic rings. The molecule has 0 unspecified atom stereocenters. The van der Waals surface area contributed by atoms with E-state index >= 15 is 0 Å². The molecule has 6 heteroatoms. The lowest BCUT2D eigenvalue weighted by Gasteiger charge is -2.13. The summed E-state index contributed by atoms with van der Waals surface area (Å²) >= 11 is 0. The average Bonchev–Trinajstić information content (AvgIpc) is 3.29. The molecule has 0 aliphatic carbocycles. The van der Waals surface area contributed by atoms with Crippen LogP contribution >= 0.6 is 0 Å². The molecule has 1 N–H and O–H groups in total. The number of aromatic nitrogens is 4. The molecule has 32 heavy (non-hydrogen) atoms. The Labute approximate surface area is 185 Å². The van der Waals surface area contributed by atoms with E-state index in [1.807, 2.05) is 78.9 Å². The fourth-order valence-corrected chi connectivity index (χ4v) is 3.43. The minimum Gasteiger partial charge on any atom is -0.492 e. The van der Waals surface area contributed by atoms with Gasteiger partial charge in [0.1, 0.15) is 29.4 Å². The monoisotopic (exact) mass is 422 g/mol. The van der Waals surface area contributed by atoms with Gasteiger partial charge in [-0.05, 0) is 48.0 Å². The maximum atomic E-state index is 6.13. The highest BCUT2D eigenvalue weighted by Gasteiger charge is 2.14. The molecule has 0 amide bonds. The number of ether oxygens (including phenoxy) is 2. The molecule has 2 aromatic carbocycles. The molecule has 6 nitrogen and oxygen atoms in total. The molecule has 158 valence electrons. The molecule has 0 saturated carbocycles. The van der Waals surface area contributed by atoms with Crippen LogP contribution in [0.2, 0.25) is 0 Å². The fourth-order valence-electron chi connectivity index (χ4n) is 3.43. The van der Waals surface area contributed by atoms with Crippen molar-refractivity contribution in [3.63, 3.8) is 0 Å². The smallest absolute Gasteiger partial charge is 0.157 e. The number of hydrogen-bond acceptors (Lipinski definition) is 5. The Morgan fingerprint density at radius 3 is 2.50 bits per heavy atom. The van der Waals surface area contributed by atoms with Gasteiger partial charge in [-0.2, -0.15) is 0 Å². The van der Waals surface area contributed by atoms with Crippen molar-refractivity contribution in [2.45, 2.75) is 13.0 Å². The van der Waals surface area contributed by atoms with Crippen LogP contribution in [0.15, 0.2) is 91.3 Å². The highest BCUT2D eigenvalue weighted by atomic mass is 16.5. The summed E-state index contributed by atoms with van der Waals surface area (Å²) in [4.78, 5) is 16.7. The molecule has 0 spiro atoms. The van der Waals surface area contributed by atoms with Gasteiger partial charge in [-0.15, -0.1) is 0 Å². The number of H-pyrrole nitrogens is 1. The van der Waals surface area contributed by atoms with Crippen molar-refractivity contribution in [1.82, 2.24) is 19.9 Å². The topological polar surface area (TPSA) is 72.9 Å². The van der Waals surface area contributed by atoms with Gasteiger partial charge in [-0.3, -0.25) is 4.98 Å². The van der Waals surface area contributed by atoms with Gasteiger partial charge < -0.3 is 14.5 Å². The minimum atomic E-state index is 0.488. The predicted octanol–water partition coefficient (Wildman–Crippen LogP) is 5.22. The van der Waals surface area contributed by atoms with E-state index < -0.39 is 0 Å². The van der Waals surface area contributed by atoms with E-state index in [0.29, 0.717) is 25.5 Å². The van der Waals surface area contributed by atoms with Crippen molar-refractivity contribution in [3.05, 3.63) is 103 Å². The summed E-state index contributed by atoms with van der Waals surface area (Å²) in [5.74, 6) is 2.16. The Hall–Kier alpha value is -4.19. The normalized spacial score (nSPS) is 10.9. The molecule has 5 rings (SSSR count). The van der Waals surface area contributed by atoms with E-state index in [1.54, 1.807) is 12.4 Å². The summed E-state index contributed by atoms with van der Waals surface area (Å²) in [5, 5.41) is 0. The van der Waals surface area contributed by atoms with Crippen molar-refractivity contribution >= 4 is 11.2 Å². The Bertz CT molecular complexity index is 1270. The first-order chi connectivity index (χ1) is 15.8. The molecule has 5 aromatic rings. The van der Waals surface area contributed by atoms with Gasteiger partial charge in [0.25, 0.3) is 0 Å². The Morgan fingerprint density at radius 1 is 0.781 bits per heavy atom. The third kappa shape index (κ3) is 4.59. The SMILES string of the molecule is c1ccc(COc2ccc(OCCc3ccccn3)c(-c3nc4cccnc4[nH]3)c2)cc1. The maximum Gasteiger partial charge on any atom is 0.157 e. The summed E-state index contributed by atoms with van der Waals surface area (Å²) in [6, 6.07) is 25.6. The second-order valence-corrected chi connectivity index (χ2v) is 7.31. The van der Waals surface area contributed by atoms with Gasteiger partial charge in [0.05, 0.1) is 12.2 Å². The molecule has 0 aliphatic heterocycles. The van der Waals surface area contributed by atoms with Gasteiger partial charge in [0.15, 0.2) is 5.65 Å². The largest absolute Gasteiger partial charge is 0.492 e. The zero-order valence-corrected chi connectivity index (χ0v) is 17.4. The van der Waals surface area contributed by atoms with E-state index in [9.17, 15) is 0 Å². The number of aromatic amines is 1. The average molecular weight is 422 g/mol. The van der Waals surface area contributed by atoms with Crippen LogP contribution in [0.5, 0.6) is 11.5 Å². The summed E-state index contributed by atoms with van der Waals surface area (Å²) in [5.41, 5.74) is 4.46. The molecule has 3 aromatic heterocycles. The molecule has 0 atom stereocenters. The lowest BCUT2D eigenvalue weighted by atomic mass is 10.1. The molecular formula is C26H22N4O2. The van der Waals surface area contributed by atoms with Crippen molar-refractivity contribution in [2.24, 2.45) is 0 Å². The number of nitrogens with zero attached hydrogens (tertiary/aromatic N) is 3. The summed E-state index contributed by atoms with van der Waals surface area (Å²) in [6.07, 6.45) is 4.25. The van der Waals surface area contributed by atoms with Gasteiger partial charge >= 0.3 is 0 Å². The lowest BCUT2D eigenvalue weighted by molar-refractivity contribution is 0.302. The van der Waals surface area contributed by atoms with E-state index in [0.717, 1.165) is 39.5 Å².